The summed E-state index contributed by atoms with van der Waals surface area (Å²) < 4.78 is 7.42. The van der Waals surface area contributed by atoms with Crippen LogP contribution in [0, 0.1) is 6.92 Å². The van der Waals surface area contributed by atoms with E-state index in [0.29, 0.717) is 6.61 Å². The zero-order valence-corrected chi connectivity index (χ0v) is 8.97. The second-order valence-electron chi connectivity index (χ2n) is 3.27. The first-order chi connectivity index (χ1) is 7.31. The Morgan fingerprint density at radius 2 is 2.00 bits per heavy atom. The number of hydrogen-bond donors (Lipinski definition) is 0. The molecule has 15 heavy (non-hydrogen) atoms. The molecule has 3 heteroatoms. The zero-order chi connectivity index (χ0) is 10.7. The molecule has 0 amide bonds. The van der Waals surface area contributed by atoms with Crippen molar-refractivity contribution in [3.05, 3.63) is 42.5 Å². The second kappa shape index (κ2) is 4.17. The summed E-state index contributed by atoms with van der Waals surface area (Å²) in [4.78, 5) is 4.18. The lowest BCUT2D eigenvalue weighted by molar-refractivity contribution is 0.340. The third kappa shape index (κ3) is 2.01. The van der Waals surface area contributed by atoms with Gasteiger partial charge in [-0.05, 0) is 38.1 Å². The van der Waals surface area contributed by atoms with Crippen LogP contribution in [0.3, 0.4) is 0 Å². The number of aromatic nitrogens is 2. The van der Waals surface area contributed by atoms with E-state index in [0.717, 1.165) is 17.3 Å². The van der Waals surface area contributed by atoms with Crippen molar-refractivity contribution < 1.29 is 4.74 Å². The van der Waals surface area contributed by atoms with Gasteiger partial charge < -0.3 is 9.30 Å². The second-order valence-corrected chi connectivity index (χ2v) is 3.27. The molecule has 0 unspecified atom stereocenters. The molecule has 1 aromatic carbocycles. The minimum Gasteiger partial charge on any atom is -0.494 e. The van der Waals surface area contributed by atoms with Crippen molar-refractivity contribution in [2.45, 2.75) is 13.8 Å². The monoisotopic (exact) mass is 202 g/mol. The first kappa shape index (κ1) is 9.77. The van der Waals surface area contributed by atoms with Crippen LogP contribution in [0.4, 0.5) is 0 Å². The van der Waals surface area contributed by atoms with E-state index in [9.17, 15) is 0 Å². The Morgan fingerprint density at radius 1 is 1.27 bits per heavy atom. The van der Waals surface area contributed by atoms with Crippen LogP contribution in [-0.2, 0) is 0 Å². The smallest absolute Gasteiger partial charge is 0.119 e. The predicted molar refractivity (Wildman–Crippen MR) is 59.5 cm³/mol. The zero-order valence-electron chi connectivity index (χ0n) is 8.97. The van der Waals surface area contributed by atoms with Crippen LogP contribution in [0.5, 0.6) is 5.75 Å². The van der Waals surface area contributed by atoms with E-state index in [4.69, 9.17) is 4.74 Å². The van der Waals surface area contributed by atoms with E-state index in [-0.39, 0.29) is 0 Å². The average molecular weight is 202 g/mol. The molecule has 0 radical (unpaired) electrons. The van der Waals surface area contributed by atoms with E-state index in [1.54, 1.807) is 6.20 Å². The highest BCUT2D eigenvalue weighted by atomic mass is 16.5. The summed E-state index contributed by atoms with van der Waals surface area (Å²) in [6.45, 7) is 4.66. The van der Waals surface area contributed by atoms with Crippen molar-refractivity contribution in [2.75, 3.05) is 6.61 Å². The van der Waals surface area contributed by atoms with Gasteiger partial charge in [-0.2, -0.15) is 0 Å². The van der Waals surface area contributed by atoms with E-state index in [2.05, 4.69) is 4.98 Å². The summed E-state index contributed by atoms with van der Waals surface area (Å²) in [7, 11) is 0. The molecule has 0 bridgehead atoms. The Morgan fingerprint density at radius 3 is 2.53 bits per heavy atom. The molecule has 0 aliphatic carbocycles. The lowest BCUT2D eigenvalue weighted by Crippen LogP contribution is -1.96. The topological polar surface area (TPSA) is 27.1 Å². The van der Waals surface area contributed by atoms with Crippen LogP contribution in [-0.4, -0.2) is 16.2 Å². The van der Waals surface area contributed by atoms with Crippen LogP contribution in [0.1, 0.15) is 12.7 Å². The van der Waals surface area contributed by atoms with Gasteiger partial charge in [0.05, 0.1) is 6.61 Å². The number of rotatable bonds is 3. The molecule has 0 saturated heterocycles. The average Bonchev–Trinajstić information content (AvgIpc) is 2.66. The summed E-state index contributed by atoms with van der Waals surface area (Å²) in [6, 6.07) is 8.00. The van der Waals surface area contributed by atoms with Gasteiger partial charge in [-0.25, -0.2) is 4.98 Å². The fourth-order valence-electron chi connectivity index (χ4n) is 1.52. The molecule has 1 aromatic heterocycles. The molecule has 0 spiro atoms. The fourth-order valence-corrected chi connectivity index (χ4v) is 1.52. The van der Waals surface area contributed by atoms with E-state index in [1.165, 1.54) is 0 Å². The van der Waals surface area contributed by atoms with Gasteiger partial charge >= 0.3 is 0 Å². The molecule has 0 fully saturated rings. The van der Waals surface area contributed by atoms with Crippen LogP contribution < -0.4 is 4.74 Å². The first-order valence-corrected chi connectivity index (χ1v) is 5.04. The summed E-state index contributed by atoms with van der Waals surface area (Å²) in [5, 5.41) is 0. The van der Waals surface area contributed by atoms with E-state index in [1.807, 2.05) is 48.9 Å². The third-order valence-electron chi connectivity index (χ3n) is 2.25. The lowest BCUT2D eigenvalue weighted by atomic mass is 10.3. The summed E-state index contributed by atoms with van der Waals surface area (Å²) in [6.07, 6.45) is 3.75. The largest absolute Gasteiger partial charge is 0.494 e. The summed E-state index contributed by atoms with van der Waals surface area (Å²) in [5.74, 6) is 1.89. The van der Waals surface area contributed by atoms with Gasteiger partial charge in [0, 0.05) is 18.1 Å². The molecule has 0 aliphatic rings. The highest BCUT2D eigenvalue weighted by Crippen LogP contribution is 2.16. The standard InChI is InChI=1S/C12H14N2O/c1-3-15-12-6-4-11(5-7-12)14-9-8-13-10(14)2/h4-9H,3H2,1-2H3. The van der Waals surface area contributed by atoms with Gasteiger partial charge in [0.15, 0.2) is 0 Å². The van der Waals surface area contributed by atoms with Gasteiger partial charge in [-0.15, -0.1) is 0 Å². The number of imidazole rings is 1. The van der Waals surface area contributed by atoms with Gasteiger partial charge in [0.25, 0.3) is 0 Å². The lowest BCUT2D eigenvalue weighted by Gasteiger charge is -2.06. The molecular weight excluding hydrogens is 188 g/mol. The maximum Gasteiger partial charge on any atom is 0.119 e. The van der Waals surface area contributed by atoms with Crippen molar-refractivity contribution in [3.8, 4) is 11.4 Å². The summed E-state index contributed by atoms with van der Waals surface area (Å²) >= 11 is 0. The molecule has 0 N–H and O–H groups in total. The van der Waals surface area contributed by atoms with Crippen molar-refractivity contribution in [1.82, 2.24) is 9.55 Å². The van der Waals surface area contributed by atoms with Crippen LogP contribution in [0.2, 0.25) is 0 Å². The number of nitrogens with zero attached hydrogens (tertiary/aromatic N) is 2. The quantitative estimate of drug-likeness (QED) is 0.764. The third-order valence-corrected chi connectivity index (χ3v) is 2.25. The molecular formula is C12H14N2O. The minimum absolute atomic E-state index is 0.698. The van der Waals surface area contributed by atoms with Gasteiger partial charge in [-0.3, -0.25) is 0 Å². The number of ether oxygens (including phenoxy) is 1. The number of benzene rings is 1. The number of hydrogen-bond acceptors (Lipinski definition) is 2. The van der Waals surface area contributed by atoms with E-state index >= 15 is 0 Å². The maximum absolute atomic E-state index is 5.38. The van der Waals surface area contributed by atoms with Crippen molar-refractivity contribution >= 4 is 0 Å². The molecule has 3 nitrogen and oxygen atoms in total. The molecule has 1 heterocycles. The maximum atomic E-state index is 5.38. The van der Waals surface area contributed by atoms with E-state index < -0.39 is 0 Å². The SMILES string of the molecule is CCOc1ccc(-n2ccnc2C)cc1. The van der Waals surface area contributed by atoms with Crippen LogP contribution in [0.15, 0.2) is 36.7 Å². The molecule has 0 saturated carbocycles. The molecule has 0 atom stereocenters. The Bertz CT molecular complexity index is 431. The molecule has 2 rings (SSSR count). The highest BCUT2D eigenvalue weighted by Gasteiger charge is 1.99. The minimum atomic E-state index is 0.698. The fraction of sp³-hybridized carbons (Fsp3) is 0.250. The Kier molecular flexibility index (Phi) is 2.72. The first-order valence-electron chi connectivity index (χ1n) is 5.04. The molecule has 2 aromatic rings. The Hall–Kier alpha value is -1.77. The molecule has 0 aliphatic heterocycles. The van der Waals surface area contributed by atoms with Crippen molar-refractivity contribution in [3.63, 3.8) is 0 Å². The normalized spacial score (nSPS) is 10.3. The predicted octanol–water partition coefficient (Wildman–Crippen LogP) is 2.58. The van der Waals surface area contributed by atoms with Crippen molar-refractivity contribution in [1.29, 1.82) is 0 Å². The Balaban J connectivity index is 2.28. The molecule has 78 valence electrons. The van der Waals surface area contributed by atoms with Crippen LogP contribution in [0.25, 0.3) is 5.69 Å². The highest BCUT2D eigenvalue weighted by molar-refractivity contribution is 5.38. The van der Waals surface area contributed by atoms with Crippen LogP contribution >= 0.6 is 0 Å². The van der Waals surface area contributed by atoms with Gasteiger partial charge in [-0.1, -0.05) is 0 Å². The van der Waals surface area contributed by atoms with Gasteiger partial charge in [0.2, 0.25) is 0 Å². The van der Waals surface area contributed by atoms with Crippen molar-refractivity contribution in [2.24, 2.45) is 0 Å². The summed E-state index contributed by atoms with van der Waals surface area (Å²) in [5.41, 5.74) is 1.11. The number of aryl methyl sites for hydroxylation is 1. The Labute approximate surface area is 89.3 Å². The van der Waals surface area contributed by atoms with Gasteiger partial charge in [0.1, 0.15) is 11.6 Å².